The first-order valence-corrected chi connectivity index (χ1v) is 8.89. The molecule has 1 aromatic carbocycles. The molecule has 0 radical (unpaired) electrons. The van der Waals surface area contributed by atoms with Crippen LogP contribution in [0.2, 0.25) is 10.0 Å². The lowest BCUT2D eigenvalue weighted by atomic mass is 10.2. The molecule has 1 saturated heterocycles. The van der Waals surface area contributed by atoms with E-state index in [4.69, 9.17) is 27.9 Å². The Kier molecular flexibility index (Phi) is 5.01. The minimum Gasteiger partial charge on any atom is -0.484 e. The van der Waals surface area contributed by atoms with Crippen molar-refractivity contribution < 1.29 is 17.9 Å². The number of rotatable bonds is 4. The highest BCUT2D eigenvalue weighted by Crippen LogP contribution is 2.24. The van der Waals surface area contributed by atoms with Crippen molar-refractivity contribution in [3.63, 3.8) is 0 Å². The molecule has 1 amide bonds. The van der Waals surface area contributed by atoms with Crippen LogP contribution in [0.5, 0.6) is 5.75 Å². The summed E-state index contributed by atoms with van der Waals surface area (Å²) in [6, 6.07) is 4.39. The van der Waals surface area contributed by atoms with E-state index in [1.54, 1.807) is 25.2 Å². The van der Waals surface area contributed by atoms with Crippen molar-refractivity contribution in [1.82, 2.24) is 4.90 Å². The molecule has 1 fully saturated rings. The molecule has 1 heterocycles. The van der Waals surface area contributed by atoms with E-state index < -0.39 is 9.84 Å². The summed E-state index contributed by atoms with van der Waals surface area (Å²) in [6.45, 7) is -0.191. The Morgan fingerprint density at radius 3 is 2.48 bits per heavy atom. The van der Waals surface area contributed by atoms with Crippen LogP contribution < -0.4 is 4.74 Å². The van der Waals surface area contributed by atoms with Crippen LogP contribution in [0.1, 0.15) is 6.42 Å². The monoisotopic (exact) mass is 351 g/mol. The first-order valence-electron chi connectivity index (χ1n) is 6.32. The molecule has 0 aliphatic carbocycles. The van der Waals surface area contributed by atoms with Crippen LogP contribution in [0.4, 0.5) is 0 Å². The maximum Gasteiger partial charge on any atom is 0.260 e. The highest BCUT2D eigenvalue weighted by atomic mass is 35.5. The van der Waals surface area contributed by atoms with E-state index in [1.807, 2.05) is 0 Å². The average Bonchev–Trinajstić information content (AvgIpc) is 2.74. The van der Waals surface area contributed by atoms with Gasteiger partial charge < -0.3 is 9.64 Å². The molecule has 0 N–H and O–H groups in total. The zero-order valence-corrected chi connectivity index (χ0v) is 13.7. The SMILES string of the molecule is CN(C(=O)COc1cc(Cl)cc(Cl)c1)C1CCS(=O)(=O)C1. The van der Waals surface area contributed by atoms with Crippen molar-refractivity contribution in [3.05, 3.63) is 28.2 Å². The number of carbonyl (C=O) groups excluding carboxylic acids is 1. The highest BCUT2D eigenvalue weighted by molar-refractivity contribution is 7.91. The standard InChI is InChI=1S/C13H15Cl2NO4S/c1-16(11-2-3-21(18,19)8-11)13(17)7-20-12-5-9(14)4-10(15)6-12/h4-6,11H,2-3,7-8H2,1H3. The van der Waals surface area contributed by atoms with Gasteiger partial charge in [0.25, 0.3) is 5.91 Å². The minimum absolute atomic E-state index is 0.0121. The minimum atomic E-state index is -3.02. The third kappa shape index (κ3) is 4.49. The quantitative estimate of drug-likeness (QED) is 0.832. The second-order valence-corrected chi connectivity index (χ2v) is 8.06. The van der Waals surface area contributed by atoms with Crippen molar-refractivity contribution in [2.45, 2.75) is 12.5 Å². The molecule has 2 rings (SSSR count). The lowest BCUT2D eigenvalue weighted by Gasteiger charge is -2.23. The molecule has 1 atom stereocenters. The molecule has 0 spiro atoms. The number of likely N-dealkylation sites (N-methyl/N-ethyl adjacent to an activating group) is 1. The Morgan fingerprint density at radius 2 is 1.95 bits per heavy atom. The molecule has 1 unspecified atom stereocenters. The summed E-state index contributed by atoms with van der Waals surface area (Å²) in [7, 11) is -1.44. The van der Waals surface area contributed by atoms with Crippen molar-refractivity contribution in [2.24, 2.45) is 0 Å². The van der Waals surface area contributed by atoms with E-state index in [0.717, 1.165) is 0 Å². The van der Waals surface area contributed by atoms with E-state index in [1.165, 1.54) is 4.90 Å². The number of nitrogens with zero attached hydrogens (tertiary/aromatic N) is 1. The summed E-state index contributed by atoms with van der Waals surface area (Å²) in [6.07, 6.45) is 0.466. The second-order valence-electron chi connectivity index (χ2n) is 4.96. The van der Waals surface area contributed by atoms with E-state index >= 15 is 0 Å². The fraction of sp³-hybridized carbons (Fsp3) is 0.462. The van der Waals surface area contributed by atoms with Crippen LogP contribution in [0, 0.1) is 0 Å². The highest BCUT2D eigenvalue weighted by Gasteiger charge is 2.32. The van der Waals surface area contributed by atoms with Gasteiger partial charge in [-0.15, -0.1) is 0 Å². The number of sulfone groups is 1. The fourth-order valence-corrected chi connectivity index (χ4v) is 4.42. The Hall–Kier alpha value is -0.980. The number of carbonyl (C=O) groups is 1. The van der Waals surface area contributed by atoms with Gasteiger partial charge in [0.1, 0.15) is 5.75 Å². The zero-order valence-electron chi connectivity index (χ0n) is 11.4. The third-order valence-corrected chi connectivity index (χ3v) is 5.53. The lowest BCUT2D eigenvalue weighted by molar-refractivity contribution is -0.133. The van der Waals surface area contributed by atoms with Gasteiger partial charge >= 0.3 is 0 Å². The molecular weight excluding hydrogens is 337 g/mol. The number of benzene rings is 1. The Labute approximate surface area is 133 Å². The van der Waals surface area contributed by atoms with Gasteiger partial charge in [-0.25, -0.2) is 8.42 Å². The van der Waals surface area contributed by atoms with Crippen LogP contribution in [0.15, 0.2) is 18.2 Å². The van der Waals surface area contributed by atoms with Crippen molar-refractivity contribution in [2.75, 3.05) is 25.2 Å². The normalized spacial score (nSPS) is 20.2. The largest absolute Gasteiger partial charge is 0.484 e. The van der Waals surface area contributed by atoms with Gasteiger partial charge in [-0.3, -0.25) is 4.79 Å². The number of hydrogen-bond donors (Lipinski definition) is 0. The molecule has 21 heavy (non-hydrogen) atoms. The molecular formula is C13H15Cl2NO4S. The van der Waals surface area contributed by atoms with Crippen LogP contribution in [-0.2, 0) is 14.6 Å². The summed E-state index contributed by atoms with van der Waals surface area (Å²) < 4.78 is 28.2. The Balaban J connectivity index is 1.92. The lowest BCUT2D eigenvalue weighted by Crippen LogP contribution is -2.40. The molecule has 1 aromatic rings. The molecule has 8 heteroatoms. The Bertz CT molecular complexity index is 627. The topological polar surface area (TPSA) is 63.7 Å². The van der Waals surface area contributed by atoms with Gasteiger partial charge in [0.05, 0.1) is 11.5 Å². The average molecular weight is 352 g/mol. The molecule has 1 aliphatic rings. The zero-order chi connectivity index (χ0) is 15.6. The summed E-state index contributed by atoms with van der Waals surface area (Å²) in [5.74, 6) is 0.250. The molecule has 0 aromatic heterocycles. The molecule has 116 valence electrons. The number of amides is 1. The van der Waals surface area contributed by atoms with Gasteiger partial charge in [-0.1, -0.05) is 23.2 Å². The van der Waals surface area contributed by atoms with Crippen molar-refractivity contribution in [3.8, 4) is 5.75 Å². The summed E-state index contributed by atoms with van der Waals surface area (Å²) in [4.78, 5) is 13.5. The summed E-state index contributed by atoms with van der Waals surface area (Å²) in [5.41, 5.74) is 0. The first-order chi connectivity index (χ1) is 9.77. The van der Waals surface area contributed by atoms with Gasteiger partial charge in [0.2, 0.25) is 0 Å². The first kappa shape index (κ1) is 16.4. The second kappa shape index (κ2) is 6.42. The van der Waals surface area contributed by atoms with E-state index in [2.05, 4.69) is 0 Å². The van der Waals surface area contributed by atoms with Crippen LogP contribution in [-0.4, -0.2) is 50.4 Å². The maximum atomic E-state index is 12.0. The number of halogens is 2. The fourth-order valence-electron chi connectivity index (χ4n) is 2.14. The van der Waals surface area contributed by atoms with Gasteiger partial charge in [-0.05, 0) is 24.6 Å². The number of ether oxygens (including phenoxy) is 1. The molecule has 0 saturated carbocycles. The third-order valence-electron chi connectivity index (χ3n) is 3.35. The van der Waals surface area contributed by atoms with Crippen LogP contribution in [0.3, 0.4) is 0 Å². The molecule has 5 nitrogen and oxygen atoms in total. The Morgan fingerprint density at radius 1 is 1.33 bits per heavy atom. The predicted molar refractivity (Wildman–Crippen MR) is 81.8 cm³/mol. The van der Waals surface area contributed by atoms with Crippen LogP contribution in [0.25, 0.3) is 0 Å². The van der Waals surface area contributed by atoms with Gasteiger partial charge in [0.15, 0.2) is 16.4 Å². The number of hydrogen-bond acceptors (Lipinski definition) is 4. The van der Waals surface area contributed by atoms with E-state index in [9.17, 15) is 13.2 Å². The maximum absolute atomic E-state index is 12.0. The van der Waals surface area contributed by atoms with E-state index in [0.29, 0.717) is 22.2 Å². The summed E-state index contributed by atoms with van der Waals surface area (Å²) in [5, 5.41) is 0.834. The molecule has 1 aliphatic heterocycles. The smallest absolute Gasteiger partial charge is 0.260 e. The van der Waals surface area contributed by atoms with Gasteiger partial charge in [0, 0.05) is 23.1 Å². The van der Waals surface area contributed by atoms with Crippen LogP contribution >= 0.6 is 23.2 Å². The predicted octanol–water partition coefficient (Wildman–Crippen LogP) is 2.02. The molecule has 0 bridgehead atoms. The van der Waals surface area contributed by atoms with Gasteiger partial charge in [-0.2, -0.15) is 0 Å². The van der Waals surface area contributed by atoms with Crippen molar-refractivity contribution >= 4 is 38.9 Å². The summed E-state index contributed by atoms with van der Waals surface area (Å²) >= 11 is 11.7. The van der Waals surface area contributed by atoms with Crippen molar-refractivity contribution in [1.29, 1.82) is 0 Å². The van der Waals surface area contributed by atoms with E-state index in [-0.39, 0.29) is 30.1 Å².